The number of hydrogen-bond acceptors (Lipinski definition) is 7. The number of rotatable bonds is 7. The van der Waals surface area contributed by atoms with Crippen LogP contribution in [-0.4, -0.2) is 92.3 Å². The van der Waals surface area contributed by atoms with E-state index in [1.165, 1.54) is 37.5 Å². The standard InChI is InChI=1S/C29H36ClFN4O6S/c1-29(2,3)41-28(37)34-17-22-15-33(14-19-6-9-21(31)10-7-19)16-23(18-34)35(22)27(36)11-8-20-12-26(40-4)24(30)13-25(20)32-42(5,38)39/h6-13,22-23,32H,14-18H2,1-5H3. The number of hydrogen-bond donors (Lipinski definition) is 1. The van der Waals surface area contributed by atoms with Crippen LogP contribution in [0.2, 0.25) is 5.02 Å². The molecule has 13 heteroatoms. The summed E-state index contributed by atoms with van der Waals surface area (Å²) < 4.78 is 50.6. The van der Waals surface area contributed by atoms with Gasteiger partial charge in [0.05, 0.1) is 36.2 Å². The second-order valence-electron chi connectivity index (χ2n) is 11.5. The summed E-state index contributed by atoms with van der Waals surface area (Å²) in [6.07, 6.45) is 3.49. The molecule has 4 rings (SSSR count). The smallest absolute Gasteiger partial charge is 0.410 e. The molecule has 2 atom stereocenters. The number of amides is 2. The molecule has 1 N–H and O–H groups in total. The van der Waals surface area contributed by atoms with E-state index in [1.54, 1.807) is 48.8 Å². The van der Waals surface area contributed by atoms with Crippen LogP contribution in [0, 0.1) is 5.82 Å². The van der Waals surface area contributed by atoms with Gasteiger partial charge < -0.3 is 19.3 Å². The highest BCUT2D eigenvalue weighted by atomic mass is 35.5. The third kappa shape index (κ3) is 8.14. The first-order valence-electron chi connectivity index (χ1n) is 13.4. The maximum atomic E-state index is 13.7. The molecule has 0 aromatic heterocycles. The molecule has 2 saturated heterocycles. The summed E-state index contributed by atoms with van der Waals surface area (Å²) in [5.74, 6) is -0.268. The van der Waals surface area contributed by atoms with Crippen molar-refractivity contribution in [3.05, 3.63) is 64.4 Å². The first-order valence-corrected chi connectivity index (χ1v) is 15.7. The monoisotopic (exact) mass is 622 g/mol. The Balaban J connectivity index is 1.58. The molecule has 2 aromatic carbocycles. The minimum atomic E-state index is -3.62. The fourth-order valence-corrected chi connectivity index (χ4v) is 6.05. The molecule has 0 spiro atoms. The van der Waals surface area contributed by atoms with Gasteiger partial charge in [-0.2, -0.15) is 0 Å². The van der Waals surface area contributed by atoms with Crippen molar-refractivity contribution in [2.24, 2.45) is 0 Å². The second-order valence-corrected chi connectivity index (χ2v) is 13.7. The van der Waals surface area contributed by atoms with Crippen molar-refractivity contribution >= 4 is 45.4 Å². The highest BCUT2D eigenvalue weighted by Gasteiger charge is 2.44. The van der Waals surface area contributed by atoms with Crippen LogP contribution >= 0.6 is 11.6 Å². The average Bonchev–Trinajstić information content (AvgIpc) is 2.86. The van der Waals surface area contributed by atoms with Gasteiger partial charge in [0.25, 0.3) is 0 Å². The summed E-state index contributed by atoms with van der Waals surface area (Å²) in [7, 11) is -2.19. The first-order chi connectivity index (χ1) is 19.6. The molecule has 2 bridgehead atoms. The van der Waals surface area contributed by atoms with E-state index in [1.807, 2.05) is 0 Å². The van der Waals surface area contributed by atoms with Crippen LogP contribution in [-0.2, 0) is 26.1 Å². The third-order valence-electron chi connectivity index (χ3n) is 6.84. The Morgan fingerprint density at radius 2 is 1.71 bits per heavy atom. The largest absolute Gasteiger partial charge is 0.495 e. The molecule has 0 aliphatic carbocycles. The molecule has 2 heterocycles. The first kappa shape index (κ1) is 31.6. The Labute approximate surface area is 251 Å². The number of carbonyl (C=O) groups excluding carboxylic acids is 2. The SMILES string of the molecule is COc1cc(C=CC(=O)N2C3CN(Cc4ccc(F)cc4)CC2CN(C(=O)OC(C)(C)C)C3)c(NS(C)(=O)=O)cc1Cl. The van der Waals surface area contributed by atoms with Crippen molar-refractivity contribution in [1.82, 2.24) is 14.7 Å². The van der Waals surface area contributed by atoms with E-state index in [-0.39, 0.29) is 47.6 Å². The molecular weight excluding hydrogens is 587 g/mol. The van der Waals surface area contributed by atoms with E-state index >= 15 is 0 Å². The number of benzene rings is 2. The molecular formula is C29H36ClFN4O6S. The number of methoxy groups -OCH3 is 1. The van der Waals surface area contributed by atoms with Gasteiger partial charge in [-0.15, -0.1) is 0 Å². The van der Waals surface area contributed by atoms with E-state index in [0.29, 0.717) is 30.9 Å². The number of piperazine rings is 2. The highest BCUT2D eigenvalue weighted by Crippen LogP contribution is 2.33. The van der Waals surface area contributed by atoms with Crippen LogP contribution in [0.3, 0.4) is 0 Å². The predicted molar refractivity (Wildman–Crippen MR) is 159 cm³/mol. The number of fused-ring (bicyclic) bond motifs is 2. The molecule has 2 fully saturated rings. The Morgan fingerprint density at radius 1 is 1.10 bits per heavy atom. The van der Waals surface area contributed by atoms with Gasteiger partial charge in [0.15, 0.2) is 0 Å². The molecule has 228 valence electrons. The predicted octanol–water partition coefficient (Wildman–Crippen LogP) is 4.20. The quantitative estimate of drug-likeness (QED) is 0.461. The number of ether oxygens (including phenoxy) is 2. The lowest BCUT2D eigenvalue weighted by Gasteiger charge is -2.52. The summed E-state index contributed by atoms with van der Waals surface area (Å²) in [4.78, 5) is 32.2. The molecule has 0 radical (unpaired) electrons. The van der Waals surface area contributed by atoms with Crippen molar-refractivity contribution in [3.8, 4) is 5.75 Å². The third-order valence-corrected chi connectivity index (χ3v) is 7.72. The van der Waals surface area contributed by atoms with Crippen LogP contribution in [0.25, 0.3) is 6.08 Å². The van der Waals surface area contributed by atoms with Gasteiger partial charge in [-0.05, 0) is 56.7 Å². The van der Waals surface area contributed by atoms with E-state index in [0.717, 1.165) is 11.8 Å². The highest BCUT2D eigenvalue weighted by molar-refractivity contribution is 7.92. The van der Waals surface area contributed by atoms with Gasteiger partial charge in [0.2, 0.25) is 15.9 Å². The fourth-order valence-electron chi connectivity index (χ4n) is 5.23. The summed E-state index contributed by atoms with van der Waals surface area (Å²) >= 11 is 6.21. The Kier molecular flexibility index (Phi) is 9.39. The van der Waals surface area contributed by atoms with E-state index < -0.39 is 21.7 Å². The van der Waals surface area contributed by atoms with Gasteiger partial charge in [-0.1, -0.05) is 23.7 Å². The number of halogens is 2. The topological polar surface area (TPSA) is 108 Å². The molecule has 2 aliphatic heterocycles. The Bertz CT molecular complexity index is 1450. The molecule has 10 nitrogen and oxygen atoms in total. The number of anilines is 1. The maximum Gasteiger partial charge on any atom is 0.410 e. The number of nitrogens with one attached hydrogen (secondary N) is 1. The van der Waals surface area contributed by atoms with Crippen molar-refractivity contribution in [2.45, 2.75) is 45.0 Å². The average molecular weight is 623 g/mol. The van der Waals surface area contributed by atoms with Gasteiger partial charge >= 0.3 is 6.09 Å². The maximum absolute atomic E-state index is 13.7. The lowest BCUT2D eigenvalue weighted by molar-refractivity contribution is -0.140. The second kappa shape index (κ2) is 12.5. The van der Waals surface area contributed by atoms with Crippen molar-refractivity contribution in [2.75, 3.05) is 44.3 Å². The van der Waals surface area contributed by atoms with Crippen LogP contribution in [0.4, 0.5) is 14.9 Å². The molecule has 2 amide bonds. The molecule has 2 aliphatic rings. The minimum Gasteiger partial charge on any atom is -0.495 e. The van der Waals surface area contributed by atoms with Crippen LogP contribution in [0.5, 0.6) is 5.75 Å². The van der Waals surface area contributed by atoms with Gasteiger partial charge in [0, 0.05) is 44.4 Å². The van der Waals surface area contributed by atoms with Gasteiger partial charge in [-0.25, -0.2) is 17.6 Å². The minimum absolute atomic E-state index is 0.202. The fraction of sp³-hybridized carbons (Fsp3) is 0.448. The van der Waals surface area contributed by atoms with Crippen molar-refractivity contribution < 1.29 is 31.9 Å². The van der Waals surface area contributed by atoms with Crippen LogP contribution < -0.4 is 9.46 Å². The van der Waals surface area contributed by atoms with Crippen LogP contribution in [0.1, 0.15) is 31.9 Å². The van der Waals surface area contributed by atoms with Gasteiger partial charge in [-0.3, -0.25) is 14.4 Å². The number of carbonyl (C=O) groups is 2. The van der Waals surface area contributed by atoms with E-state index in [9.17, 15) is 22.4 Å². The lowest BCUT2D eigenvalue weighted by Crippen LogP contribution is -2.70. The number of sulfonamides is 1. The van der Waals surface area contributed by atoms with E-state index in [2.05, 4.69) is 9.62 Å². The zero-order valence-electron chi connectivity index (χ0n) is 24.3. The number of nitrogens with zero attached hydrogens (tertiary/aromatic N) is 3. The summed E-state index contributed by atoms with van der Waals surface area (Å²) in [6, 6.07) is 8.61. The van der Waals surface area contributed by atoms with Gasteiger partial charge in [0.1, 0.15) is 17.2 Å². The zero-order valence-corrected chi connectivity index (χ0v) is 25.8. The molecule has 0 saturated carbocycles. The normalized spacial score (nSPS) is 19.6. The molecule has 2 unspecified atom stereocenters. The zero-order chi connectivity index (χ0) is 30.8. The summed E-state index contributed by atoms with van der Waals surface area (Å²) in [5, 5.41) is 0.209. The van der Waals surface area contributed by atoms with E-state index in [4.69, 9.17) is 21.1 Å². The molecule has 2 aromatic rings. The Morgan fingerprint density at radius 3 is 2.26 bits per heavy atom. The Hall–Kier alpha value is -3.35. The lowest BCUT2D eigenvalue weighted by atomic mass is 9.99. The van der Waals surface area contributed by atoms with Crippen LogP contribution in [0.15, 0.2) is 42.5 Å². The van der Waals surface area contributed by atoms with Crippen molar-refractivity contribution in [1.29, 1.82) is 0 Å². The summed E-state index contributed by atoms with van der Waals surface area (Å²) in [5.41, 5.74) is 0.882. The van der Waals surface area contributed by atoms with Crippen molar-refractivity contribution in [3.63, 3.8) is 0 Å². The molecule has 42 heavy (non-hydrogen) atoms. The summed E-state index contributed by atoms with van der Waals surface area (Å²) in [6.45, 7) is 7.52.